The van der Waals surface area contributed by atoms with Crippen LogP contribution in [0.1, 0.15) is 259 Å². The smallest absolute Gasteiger partial charge is 0.306 e. The highest BCUT2D eigenvalue weighted by Gasteiger charge is 2.19. The van der Waals surface area contributed by atoms with E-state index in [4.69, 9.17) is 14.2 Å². The number of hydrogen-bond acceptors (Lipinski definition) is 6. The maximum atomic E-state index is 12.7. The second-order valence-electron chi connectivity index (χ2n) is 17.1. The molecule has 0 amide bonds. The van der Waals surface area contributed by atoms with Crippen LogP contribution >= 0.6 is 0 Å². The lowest BCUT2D eigenvalue weighted by Crippen LogP contribution is -2.30. The van der Waals surface area contributed by atoms with E-state index in [0.717, 1.165) is 69.6 Å². The first-order valence-corrected chi connectivity index (χ1v) is 23.8. The molecule has 0 saturated heterocycles. The molecule has 0 rings (SSSR count). The topological polar surface area (TPSA) is 78.9 Å². The van der Waals surface area contributed by atoms with Crippen molar-refractivity contribution in [2.45, 2.75) is 265 Å². The molecular formula is C48H92O6. The molecule has 2 atom stereocenters. The normalized spacial score (nSPS) is 12.6. The number of ether oxygens (including phenoxy) is 3. The molecule has 0 aliphatic rings. The molecule has 0 aromatic carbocycles. The molecule has 6 heteroatoms. The predicted molar refractivity (Wildman–Crippen MR) is 229 cm³/mol. The summed E-state index contributed by atoms with van der Waals surface area (Å²) in [6.45, 7) is 11.3. The van der Waals surface area contributed by atoms with Gasteiger partial charge in [-0.3, -0.25) is 14.4 Å². The lowest BCUT2D eigenvalue weighted by atomic mass is 9.99. The van der Waals surface area contributed by atoms with Crippen molar-refractivity contribution in [2.24, 2.45) is 11.8 Å². The molecular weight excluding hydrogens is 673 g/mol. The van der Waals surface area contributed by atoms with E-state index >= 15 is 0 Å². The van der Waals surface area contributed by atoms with Gasteiger partial charge in [-0.1, -0.05) is 221 Å². The molecule has 0 saturated carbocycles. The van der Waals surface area contributed by atoms with E-state index in [2.05, 4.69) is 34.6 Å². The summed E-state index contributed by atoms with van der Waals surface area (Å²) in [5, 5.41) is 0. The van der Waals surface area contributed by atoms with Crippen LogP contribution in [-0.4, -0.2) is 37.2 Å². The first-order valence-electron chi connectivity index (χ1n) is 23.8. The van der Waals surface area contributed by atoms with E-state index in [1.54, 1.807) is 0 Å². The van der Waals surface area contributed by atoms with Crippen molar-refractivity contribution in [3.63, 3.8) is 0 Å². The van der Waals surface area contributed by atoms with Gasteiger partial charge in [0.25, 0.3) is 0 Å². The Bertz CT molecular complexity index is 826. The summed E-state index contributed by atoms with van der Waals surface area (Å²) in [6, 6.07) is 0. The SMILES string of the molecule is CCCCCCCCCCCCCCCC(=O)O[C@H](COC(=O)CCCCCCCCCCC(C)C)COC(=O)CCCCCCCCCCC(C)CC. The lowest BCUT2D eigenvalue weighted by Gasteiger charge is -2.18. The van der Waals surface area contributed by atoms with Gasteiger partial charge in [-0.2, -0.15) is 0 Å². The Balaban J connectivity index is 4.35. The highest BCUT2D eigenvalue weighted by molar-refractivity contribution is 5.71. The second-order valence-corrected chi connectivity index (χ2v) is 17.1. The van der Waals surface area contributed by atoms with Crippen LogP contribution < -0.4 is 0 Å². The molecule has 0 aliphatic heterocycles. The van der Waals surface area contributed by atoms with Gasteiger partial charge in [-0.05, 0) is 31.1 Å². The molecule has 0 fully saturated rings. The third-order valence-corrected chi connectivity index (χ3v) is 11.1. The highest BCUT2D eigenvalue weighted by Crippen LogP contribution is 2.17. The maximum absolute atomic E-state index is 12.7. The van der Waals surface area contributed by atoms with Crippen molar-refractivity contribution in [2.75, 3.05) is 13.2 Å². The summed E-state index contributed by atoms with van der Waals surface area (Å²) in [7, 11) is 0. The average Bonchev–Trinajstić information content (AvgIpc) is 3.15. The third kappa shape index (κ3) is 40.1. The zero-order chi connectivity index (χ0) is 39.7. The monoisotopic (exact) mass is 765 g/mol. The van der Waals surface area contributed by atoms with Gasteiger partial charge < -0.3 is 14.2 Å². The molecule has 320 valence electrons. The van der Waals surface area contributed by atoms with Gasteiger partial charge in [0, 0.05) is 19.3 Å². The Morgan fingerprint density at radius 3 is 1.06 bits per heavy atom. The van der Waals surface area contributed by atoms with Crippen LogP contribution in [0.2, 0.25) is 0 Å². The number of unbranched alkanes of at least 4 members (excludes halogenated alkanes) is 26. The molecule has 0 aromatic rings. The zero-order valence-electron chi connectivity index (χ0n) is 36.8. The summed E-state index contributed by atoms with van der Waals surface area (Å²) < 4.78 is 16.7. The molecule has 0 spiro atoms. The largest absolute Gasteiger partial charge is 0.462 e. The van der Waals surface area contributed by atoms with Crippen LogP contribution in [0.4, 0.5) is 0 Å². The Hall–Kier alpha value is -1.59. The van der Waals surface area contributed by atoms with Crippen molar-refractivity contribution in [1.29, 1.82) is 0 Å². The van der Waals surface area contributed by atoms with E-state index in [0.29, 0.717) is 19.3 Å². The van der Waals surface area contributed by atoms with Crippen LogP contribution in [0.3, 0.4) is 0 Å². The molecule has 0 bridgehead atoms. The summed E-state index contributed by atoms with van der Waals surface area (Å²) in [5.74, 6) is 0.787. The van der Waals surface area contributed by atoms with Crippen LogP contribution in [0.5, 0.6) is 0 Å². The van der Waals surface area contributed by atoms with Crippen molar-refractivity contribution in [3.8, 4) is 0 Å². The highest BCUT2D eigenvalue weighted by atomic mass is 16.6. The van der Waals surface area contributed by atoms with Crippen molar-refractivity contribution in [1.82, 2.24) is 0 Å². The summed E-state index contributed by atoms with van der Waals surface area (Å²) in [6.07, 6.45) is 39.4. The van der Waals surface area contributed by atoms with Gasteiger partial charge in [0.15, 0.2) is 6.10 Å². The molecule has 1 unspecified atom stereocenters. The molecule has 54 heavy (non-hydrogen) atoms. The fraction of sp³-hybridized carbons (Fsp3) is 0.938. The van der Waals surface area contributed by atoms with Crippen LogP contribution in [0, 0.1) is 11.8 Å². The average molecular weight is 765 g/mol. The standard InChI is InChI=1S/C48H92O6/c1-6-8-9-10-11-12-13-14-15-16-25-30-35-40-48(51)54-45(41-52-46(49)38-33-28-23-19-17-21-26-31-36-43(3)4)42-53-47(50)39-34-29-24-20-18-22-27-32-37-44(5)7-2/h43-45H,6-42H2,1-5H3/t44?,45-/m1/s1. The van der Waals surface area contributed by atoms with Crippen LogP contribution in [-0.2, 0) is 28.6 Å². The predicted octanol–water partition coefficient (Wildman–Crippen LogP) is 15.0. The first-order chi connectivity index (χ1) is 26.3. The van der Waals surface area contributed by atoms with Crippen LogP contribution in [0.15, 0.2) is 0 Å². The summed E-state index contributed by atoms with van der Waals surface area (Å²) in [5.41, 5.74) is 0. The van der Waals surface area contributed by atoms with Gasteiger partial charge in [-0.15, -0.1) is 0 Å². The van der Waals surface area contributed by atoms with Gasteiger partial charge in [0.05, 0.1) is 0 Å². The number of rotatable bonds is 42. The minimum Gasteiger partial charge on any atom is -0.462 e. The van der Waals surface area contributed by atoms with Gasteiger partial charge in [-0.25, -0.2) is 0 Å². The number of carbonyl (C=O) groups excluding carboxylic acids is 3. The Labute approximate surface area is 336 Å². The second kappa shape index (κ2) is 41.1. The quantitative estimate of drug-likeness (QED) is 0.0350. The third-order valence-electron chi connectivity index (χ3n) is 11.1. The van der Waals surface area contributed by atoms with E-state index in [1.807, 2.05) is 0 Å². The minimum atomic E-state index is -0.761. The molecule has 0 radical (unpaired) electrons. The Morgan fingerprint density at radius 1 is 0.389 bits per heavy atom. The summed E-state index contributed by atoms with van der Waals surface area (Å²) >= 11 is 0. The Morgan fingerprint density at radius 2 is 0.704 bits per heavy atom. The fourth-order valence-corrected chi connectivity index (χ4v) is 7.07. The lowest BCUT2D eigenvalue weighted by molar-refractivity contribution is -0.167. The van der Waals surface area contributed by atoms with E-state index in [9.17, 15) is 14.4 Å². The van der Waals surface area contributed by atoms with E-state index in [1.165, 1.54) is 148 Å². The van der Waals surface area contributed by atoms with Gasteiger partial charge >= 0.3 is 17.9 Å². The zero-order valence-corrected chi connectivity index (χ0v) is 36.8. The number of esters is 3. The Kier molecular flexibility index (Phi) is 39.8. The van der Waals surface area contributed by atoms with Crippen molar-refractivity contribution >= 4 is 17.9 Å². The fourth-order valence-electron chi connectivity index (χ4n) is 7.07. The molecule has 0 aromatic heterocycles. The van der Waals surface area contributed by atoms with Gasteiger partial charge in [0.2, 0.25) is 0 Å². The van der Waals surface area contributed by atoms with Crippen LogP contribution in [0.25, 0.3) is 0 Å². The summed E-state index contributed by atoms with van der Waals surface area (Å²) in [4.78, 5) is 37.8. The first kappa shape index (κ1) is 52.4. The number of hydrogen-bond donors (Lipinski definition) is 0. The van der Waals surface area contributed by atoms with E-state index in [-0.39, 0.29) is 31.1 Å². The van der Waals surface area contributed by atoms with Crippen molar-refractivity contribution < 1.29 is 28.6 Å². The van der Waals surface area contributed by atoms with E-state index < -0.39 is 6.10 Å². The molecule has 0 N–H and O–H groups in total. The van der Waals surface area contributed by atoms with Gasteiger partial charge in [0.1, 0.15) is 13.2 Å². The minimum absolute atomic E-state index is 0.0652. The molecule has 0 aliphatic carbocycles. The maximum Gasteiger partial charge on any atom is 0.306 e. The van der Waals surface area contributed by atoms with Crippen molar-refractivity contribution in [3.05, 3.63) is 0 Å². The molecule has 0 heterocycles. The molecule has 6 nitrogen and oxygen atoms in total. The number of carbonyl (C=O) groups is 3.